The van der Waals surface area contributed by atoms with Gasteiger partial charge in [-0.3, -0.25) is 9.59 Å². The second-order valence-electron chi connectivity index (χ2n) is 4.74. The van der Waals surface area contributed by atoms with Crippen LogP contribution in [0.2, 0.25) is 0 Å². The molecule has 1 aromatic heterocycles. The van der Waals surface area contributed by atoms with Gasteiger partial charge in [-0.25, -0.2) is 0 Å². The highest BCUT2D eigenvalue weighted by atomic mass is 32.1. The van der Waals surface area contributed by atoms with Crippen molar-refractivity contribution < 1.29 is 14.7 Å². The summed E-state index contributed by atoms with van der Waals surface area (Å²) in [5.41, 5.74) is 0.230. The van der Waals surface area contributed by atoms with E-state index in [0.29, 0.717) is 25.9 Å². The van der Waals surface area contributed by atoms with Crippen LogP contribution in [0.3, 0.4) is 0 Å². The Morgan fingerprint density at radius 3 is 2.88 bits per heavy atom. The summed E-state index contributed by atoms with van der Waals surface area (Å²) in [6.45, 7) is 2.57. The quantitative estimate of drug-likeness (QED) is 0.890. The molecule has 2 rings (SSSR count). The number of carboxylic acid groups (broad SMARTS) is 1. The number of amides is 1. The highest BCUT2D eigenvalue weighted by Crippen LogP contribution is 2.30. The maximum absolute atomic E-state index is 12.0. The van der Waals surface area contributed by atoms with Crippen LogP contribution in [-0.2, 0) is 16.0 Å². The van der Waals surface area contributed by atoms with Gasteiger partial charge in [0.15, 0.2) is 0 Å². The van der Waals surface area contributed by atoms with Gasteiger partial charge in [0.25, 0.3) is 0 Å². The van der Waals surface area contributed by atoms with Gasteiger partial charge in [0, 0.05) is 13.1 Å². The molecule has 1 aliphatic rings. The molecular weight excluding hydrogens is 238 g/mol. The fourth-order valence-corrected chi connectivity index (χ4v) is 2.70. The Morgan fingerprint density at radius 1 is 1.59 bits per heavy atom. The van der Waals surface area contributed by atoms with E-state index in [2.05, 4.69) is 0 Å². The Labute approximate surface area is 104 Å². The molecule has 5 heteroatoms. The third kappa shape index (κ3) is 2.49. The van der Waals surface area contributed by atoms with Gasteiger partial charge in [-0.2, -0.15) is 11.3 Å². The molecule has 4 nitrogen and oxygen atoms in total. The lowest BCUT2D eigenvalue weighted by Crippen LogP contribution is -2.35. The van der Waals surface area contributed by atoms with Crippen LogP contribution >= 0.6 is 11.3 Å². The molecule has 0 aliphatic carbocycles. The van der Waals surface area contributed by atoms with Crippen molar-refractivity contribution in [3.63, 3.8) is 0 Å². The second kappa shape index (κ2) is 4.49. The molecule has 1 aliphatic heterocycles. The molecule has 0 aromatic carbocycles. The molecule has 0 spiro atoms. The van der Waals surface area contributed by atoms with Crippen molar-refractivity contribution in [2.75, 3.05) is 13.1 Å². The van der Waals surface area contributed by atoms with E-state index in [-0.39, 0.29) is 5.91 Å². The molecule has 2 heterocycles. The van der Waals surface area contributed by atoms with E-state index in [0.717, 1.165) is 5.56 Å². The molecule has 0 saturated carbocycles. The monoisotopic (exact) mass is 253 g/mol. The topological polar surface area (TPSA) is 57.6 Å². The van der Waals surface area contributed by atoms with Crippen LogP contribution in [0, 0.1) is 5.41 Å². The number of thiophene rings is 1. The number of likely N-dealkylation sites (tertiary alicyclic amines) is 1. The maximum atomic E-state index is 12.0. The van der Waals surface area contributed by atoms with Gasteiger partial charge >= 0.3 is 5.97 Å². The van der Waals surface area contributed by atoms with E-state index in [9.17, 15) is 9.59 Å². The Balaban J connectivity index is 1.97. The second-order valence-corrected chi connectivity index (χ2v) is 5.52. The lowest BCUT2D eigenvalue weighted by atomic mass is 9.90. The number of carbonyl (C=O) groups is 2. The molecule has 92 valence electrons. The van der Waals surface area contributed by atoms with Crippen LogP contribution in [0.1, 0.15) is 18.9 Å². The first-order valence-electron chi connectivity index (χ1n) is 5.53. The van der Waals surface area contributed by atoms with Crippen LogP contribution in [0.15, 0.2) is 16.8 Å². The predicted molar refractivity (Wildman–Crippen MR) is 65.0 cm³/mol. The first-order valence-corrected chi connectivity index (χ1v) is 6.48. The van der Waals surface area contributed by atoms with Crippen LogP contribution < -0.4 is 0 Å². The molecule has 0 radical (unpaired) electrons. The molecule has 17 heavy (non-hydrogen) atoms. The number of hydrogen-bond acceptors (Lipinski definition) is 3. The summed E-state index contributed by atoms with van der Waals surface area (Å²) >= 11 is 1.56. The third-order valence-corrected chi connectivity index (χ3v) is 4.01. The van der Waals surface area contributed by atoms with Crippen LogP contribution in [0.5, 0.6) is 0 Å². The molecule has 1 fully saturated rings. The minimum absolute atomic E-state index is 0.0216. The minimum atomic E-state index is -0.816. The number of carbonyl (C=O) groups excluding carboxylic acids is 1. The average Bonchev–Trinajstić information content (AvgIpc) is 2.88. The Hall–Kier alpha value is -1.36. The predicted octanol–water partition coefficient (Wildman–Crippen LogP) is 1.61. The van der Waals surface area contributed by atoms with Crippen molar-refractivity contribution in [1.82, 2.24) is 4.90 Å². The van der Waals surface area contributed by atoms with E-state index in [1.807, 2.05) is 16.8 Å². The van der Waals surface area contributed by atoms with Gasteiger partial charge in [0.1, 0.15) is 0 Å². The maximum Gasteiger partial charge on any atom is 0.311 e. The summed E-state index contributed by atoms with van der Waals surface area (Å²) in [7, 11) is 0. The third-order valence-electron chi connectivity index (χ3n) is 3.28. The fraction of sp³-hybridized carbons (Fsp3) is 0.500. The summed E-state index contributed by atoms with van der Waals surface area (Å²) < 4.78 is 0. The number of rotatable bonds is 3. The van der Waals surface area contributed by atoms with E-state index < -0.39 is 11.4 Å². The molecule has 1 atom stereocenters. The first kappa shape index (κ1) is 12.1. The zero-order valence-corrected chi connectivity index (χ0v) is 10.5. The zero-order valence-electron chi connectivity index (χ0n) is 9.68. The van der Waals surface area contributed by atoms with E-state index in [4.69, 9.17) is 5.11 Å². The number of hydrogen-bond donors (Lipinski definition) is 1. The van der Waals surface area contributed by atoms with Crippen molar-refractivity contribution in [3.05, 3.63) is 22.4 Å². The molecular formula is C12H15NO3S. The van der Waals surface area contributed by atoms with Crippen molar-refractivity contribution >= 4 is 23.2 Å². The van der Waals surface area contributed by atoms with Crippen molar-refractivity contribution in [1.29, 1.82) is 0 Å². The van der Waals surface area contributed by atoms with Gasteiger partial charge in [-0.05, 0) is 35.7 Å². The first-order chi connectivity index (χ1) is 8.01. The van der Waals surface area contributed by atoms with Crippen LogP contribution in [0.25, 0.3) is 0 Å². The fourth-order valence-electron chi connectivity index (χ4n) is 2.03. The highest BCUT2D eigenvalue weighted by molar-refractivity contribution is 7.07. The lowest BCUT2D eigenvalue weighted by molar-refractivity contribution is -0.147. The normalized spacial score (nSPS) is 23.9. The highest BCUT2D eigenvalue weighted by Gasteiger charge is 2.41. The Kier molecular flexibility index (Phi) is 3.19. The van der Waals surface area contributed by atoms with Crippen LogP contribution in [-0.4, -0.2) is 35.0 Å². The van der Waals surface area contributed by atoms with Crippen molar-refractivity contribution in [3.8, 4) is 0 Å². The molecule has 1 aromatic rings. The van der Waals surface area contributed by atoms with Crippen molar-refractivity contribution in [2.45, 2.75) is 19.8 Å². The Morgan fingerprint density at radius 2 is 2.35 bits per heavy atom. The average molecular weight is 253 g/mol. The lowest BCUT2D eigenvalue weighted by Gasteiger charge is -2.20. The van der Waals surface area contributed by atoms with E-state index in [1.54, 1.807) is 23.2 Å². The summed E-state index contributed by atoms with van der Waals surface area (Å²) in [6, 6.07) is 1.93. The van der Waals surface area contributed by atoms with Gasteiger partial charge in [-0.15, -0.1) is 0 Å². The minimum Gasteiger partial charge on any atom is -0.481 e. The summed E-state index contributed by atoms with van der Waals surface area (Å²) in [5, 5.41) is 13.0. The Bertz CT molecular complexity index is 429. The molecule has 1 amide bonds. The molecule has 1 N–H and O–H groups in total. The number of aliphatic carboxylic acids is 1. The largest absolute Gasteiger partial charge is 0.481 e. The van der Waals surface area contributed by atoms with Gasteiger partial charge < -0.3 is 10.0 Å². The van der Waals surface area contributed by atoms with Crippen LogP contribution in [0.4, 0.5) is 0 Å². The molecule has 1 unspecified atom stereocenters. The molecule has 0 bridgehead atoms. The van der Waals surface area contributed by atoms with Crippen molar-refractivity contribution in [2.24, 2.45) is 5.41 Å². The SMILES string of the molecule is CC1(C(=O)O)CCN(C(=O)Cc2ccsc2)C1. The van der Waals surface area contributed by atoms with E-state index in [1.165, 1.54) is 0 Å². The summed E-state index contributed by atoms with van der Waals surface area (Å²) in [4.78, 5) is 24.7. The summed E-state index contributed by atoms with van der Waals surface area (Å²) in [5.74, 6) is -0.795. The summed E-state index contributed by atoms with van der Waals surface area (Å²) in [6.07, 6.45) is 0.914. The van der Waals surface area contributed by atoms with E-state index >= 15 is 0 Å². The van der Waals surface area contributed by atoms with Gasteiger partial charge in [0.2, 0.25) is 5.91 Å². The zero-order chi connectivity index (χ0) is 12.5. The molecule has 1 saturated heterocycles. The standard InChI is InChI=1S/C12H15NO3S/c1-12(11(15)16)3-4-13(8-12)10(14)6-9-2-5-17-7-9/h2,5,7H,3-4,6,8H2,1H3,(H,15,16). The van der Waals surface area contributed by atoms with Gasteiger partial charge in [-0.1, -0.05) is 0 Å². The smallest absolute Gasteiger partial charge is 0.311 e. The number of carboxylic acids is 1. The number of nitrogens with zero attached hydrogens (tertiary/aromatic N) is 1. The van der Waals surface area contributed by atoms with Gasteiger partial charge in [0.05, 0.1) is 11.8 Å².